The van der Waals surface area contributed by atoms with Crippen LogP contribution in [0, 0.1) is 11.6 Å². The second kappa shape index (κ2) is 6.69. The number of nitrogens with zero attached hydrogens (tertiary/aromatic N) is 1. The summed E-state index contributed by atoms with van der Waals surface area (Å²) < 4.78 is 28.3. The molecule has 0 radical (unpaired) electrons. The summed E-state index contributed by atoms with van der Waals surface area (Å²) in [4.78, 5) is 2.27. The highest BCUT2D eigenvalue weighted by atomic mass is 79.9. The van der Waals surface area contributed by atoms with Gasteiger partial charge in [-0.3, -0.25) is 4.90 Å². The SMILES string of the molecule is Cl.Fc1ccc(Br)c(F)c1CN1C2CCNCC1CC2. The fourth-order valence-corrected chi connectivity index (χ4v) is 3.61. The van der Waals surface area contributed by atoms with Crippen molar-refractivity contribution in [2.45, 2.75) is 37.9 Å². The molecule has 1 N–H and O–H groups in total. The van der Waals surface area contributed by atoms with Gasteiger partial charge in [-0.05, 0) is 53.9 Å². The van der Waals surface area contributed by atoms with Crippen LogP contribution >= 0.6 is 28.3 Å². The van der Waals surface area contributed by atoms with Crippen LogP contribution in [0.2, 0.25) is 0 Å². The van der Waals surface area contributed by atoms with Gasteiger partial charge in [-0.1, -0.05) is 0 Å². The normalized spacial score (nSPS) is 26.1. The quantitative estimate of drug-likeness (QED) is 0.805. The zero-order chi connectivity index (χ0) is 13.4. The van der Waals surface area contributed by atoms with Crippen LogP contribution in [0.25, 0.3) is 0 Å². The van der Waals surface area contributed by atoms with E-state index in [0.29, 0.717) is 23.1 Å². The molecule has 0 saturated carbocycles. The van der Waals surface area contributed by atoms with Gasteiger partial charge in [0.05, 0.1) is 4.47 Å². The fourth-order valence-electron chi connectivity index (χ4n) is 3.24. The maximum Gasteiger partial charge on any atom is 0.144 e. The molecule has 2 nitrogen and oxygen atoms in total. The molecule has 0 aromatic heterocycles. The molecule has 0 spiro atoms. The lowest BCUT2D eigenvalue weighted by molar-refractivity contribution is 0.188. The van der Waals surface area contributed by atoms with Gasteiger partial charge in [0.25, 0.3) is 0 Å². The minimum absolute atomic E-state index is 0. The van der Waals surface area contributed by atoms with Gasteiger partial charge >= 0.3 is 0 Å². The maximum absolute atomic E-state index is 14.1. The molecular formula is C14H18BrClF2N2. The summed E-state index contributed by atoms with van der Waals surface area (Å²) in [6, 6.07) is 3.62. The topological polar surface area (TPSA) is 15.3 Å². The van der Waals surface area contributed by atoms with Crippen LogP contribution in [-0.4, -0.2) is 30.1 Å². The van der Waals surface area contributed by atoms with E-state index in [1.807, 2.05) is 0 Å². The Morgan fingerprint density at radius 1 is 1.20 bits per heavy atom. The van der Waals surface area contributed by atoms with Gasteiger partial charge in [0.15, 0.2) is 0 Å². The molecule has 2 fully saturated rings. The van der Waals surface area contributed by atoms with Crippen LogP contribution in [-0.2, 0) is 6.54 Å². The summed E-state index contributed by atoms with van der Waals surface area (Å²) >= 11 is 3.13. The van der Waals surface area contributed by atoms with E-state index >= 15 is 0 Å². The molecular weight excluding hydrogens is 350 g/mol. The average molecular weight is 368 g/mol. The van der Waals surface area contributed by atoms with E-state index < -0.39 is 11.6 Å². The first-order valence-electron chi connectivity index (χ1n) is 6.75. The van der Waals surface area contributed by atoms with Crippen LogP contribution in [0.4, 0.5) is 8.78 Å². The Labute approximate surface area is 132 Å². The third-order valence-corrected chi connectivity index (χ3v) is 4.90. The summed E-state index contributed by atoms with van der Waals surface area (Å²) in [5.41, 5.74) is 0.188. The first kappa shape index (κ1) is 16.1. The average Bonchev–Trinajstić information content (AvgIpc) is 2.63. The largest absolute Gasteiger partial charge is 0.315 e. The number of nitrogens with one attached hydrogen (secondary N) is 1. The number of fused-ring (bicyclic) bond motifs is 2. The molecule has 2 heterocycles. The van der Waals surface area contributed by atoms with E-state index in [-0.39, 0.29) is 18.0 Å². The van der Waals surface area contributed by atoms with Crippen molar-refractivity contribution in [2.75, 3.05) is 13.1 Å². The summed E-state index contributed by atoms with van der Waals surface area (Å²) in [5, 5.41) is 3.40. The molecule has 2 aliphatic rings. The summed E-state index contributed by atoms with van der Waals surface area (Å²) in [6.07, 6.45) is 3.33. The number of rotatable bonds is 2. The molecule has 2 atom stereocenters. The van der Waals surface area contributed by atoms with Gasteiger partial charge in [0, 0.05) is 30.7 Å². The Balaban J connectivity index is 0.00000147. The van der Waals surface area contributed by atoms with Gasteiger partial charge in [-0.25, -0.2) is 8.78 Å². The van der Waals surface area contributed by atoms with Crippen LogP contribution in [0.1, 0.15) is 24.8 Å². The molecule has 2 saturated heterocycles. The van der Waals surface area contributed by atoms with Gasteiger partial charge in [-0.15, -0.1) is 12.4 Å². The molecule has 6 heteroatoms. The van der Waals surface area contributed by atoms with E-state index in [2.05, 4.69) is 26.1 Å². The van der Waals surface area contributed by atoms with Crippen molar-refractivity contribution in [3.63, 3.8) is 0 Å². The minimum atomic E-state index is -0.461. The number of benzene rings is 1. The highest BCUT2D eigenvalue weighted by molar-refractivity contribution is 9.10. The molecule has 20 heavy (non-hydrogen) atoms. The summed E-state index contributed by atoms with van der Waals surface area (Å²) in [5.74, 6) is -0.908. The van der Waals surface area contributed by atoms with Crippen LogP contribution in [0.3, 0.4) is 0 Å². The zero-order valence-electron chi connectivity index (χ0n) is 11.0. The monoisotopic (exact) mass is 366 g/mol. The van der Waals surface area contributed by atoms with E-state index in [1.54, 1.807) is 0 Å². The molecule has 0 aliphatic carbocycles. The Kier molecular flexibility index (Phi) is 5.40. The predicted octanol–water partition coefficient (Wildman–Crippen LogP) is 3.48. The van der Waals surface area contributed by atoms with Gasteiger partial charge < -0.3 is 5.32 Å². The smallest absolute Gasteiger partial charge is 0.144 e. The van der Waals surface area contributed by atoms with Crippen molar-refractivity contribution in [1.29, 1.82) is 0 Å². The van der Waals surface area contributed by atoms with Gasteiger partial charge in [0.2, 0.25) is 0 Å². The lowest BCUT2D eigenvalue weighted by Gasteiger charge is -2.28. The van der Waals surface area contributed by atoms with Crippen molar-refractivity contribution in [2.24, 2.45) is 0 Å². The lowest BCUT2D eigenvalue weighted by atomic mass is 10.1. The molecule has 112 valence electrons. The molecule has 1 aromatic rings. The van der Waals surface area contributed by atoms with Crippen LogP contribution in [0.5, 0.6) is 0 Å². The van der Waals surface area contributed by atoms with Crippen molar-refractivity contribution in [3.05, 3.63) is 33.8 Å². The second-order valence-corrected chi connectivity index (χ2v) is 6.23. The zero-order valence-corrected chi connectivity index (χ0v) is 13.4. The van der Waals surface area contributed by atoms with Crippen molar-refractivity contribution >= 4 is 28.3 Å². The predicted molar refractivity (Wildman–Crippen MR) is 81.1 cm³/mol. The Morgan fingerprint density at radius 3 is 2.75 bits per heavy atom. The van der Waals surface area contributed by atoms with Crippen LogP contribution in [0.15, 0.2) is 16.6 Å². The summed E-state index contributed by atoms with van der Waals surface area (Å²) in [7, 11) is 0. The standard InChI is InChI=1S/C14H17BrF2N2.ClH/c15-12-3-4-13(16)11(14(12)17)8-19-9-1-2-10(19)7-18-6-5-9;/h3-4,9-10,18H,1-2,5-8H2;1H. The first-order valence-corrected chi connectivity index (χ1v) is 7.55. The third kappa shape index (κ3) is 3.01. The summed E-state index contributed by atoms with van der Waals surface area (Å²) in [6.45, 7) is 2.29. The molecule has 0 amide bonds. The van der Waals surface area contributed by atoms with E-state index in [4.69, 9.17) is 0 Å². The van der Waals surface area contributed by atoms with E-state index in [9.17, 15) is 8.78 Å². The molecule has 3 rings (SSSR count). The number of hydrogen-bond donors (Lipinski definition) is 1. The number of hydrogen-bond acceptors (Lipinski definition) is 2. The third-order valence-electron chi connectivity index (χ3n) is 4.29. The van der Waals surface area contributed by atoms with E-state index in [0.717, 1.165) is 32.4 Å². The Bertz CT molecular complexity index is 472. The van der Waals surface area contributed by atoms with Gasteiger partial charge in [0.1, 0.15) is 11.6 Å². The van der Waals surface area contributed by atoms with Crippen molar-refractivity contribution in [1.82, 2.24) is 10.2 Å². The molecule has 2 aliphatic heterocycles. The van der Waals surface area contributed by atoms with Crippen molar-refractivity contribution in [3.8, 4) is 0 Å². The Hall–Kier alpha value is -0.230. The maximum atomic E-state index is 14.1. The second-order valence-electron chi connectivity index (χ2n) is 5.37. The highest BCUT2D eigenvalue weighted by Crippen LogP contribution is 2.31. The fraction of sp³-hybridized carbons (Fsp3) is 0.571. The highest BCUT2D eigenvalue weighted by Gasteiger charge is 2.35. The van der Waals surface area contributed by atoms with Crippen LogP contribution < -0.4 is 5.32 Å². The first-order chi connectivity index (χ1) is 9.16. The Morgan fingerprint density at radius 2 is 1.95 bits per heavy atom. The van der Waals surface area contributed by atoms with E-state index in [1.165, 1.54) is 12.1 Å². The molecule has 2 unspecified atom stereocenters. The lowest BCUT2D eigenvalue weighted by Crippen LogP contribution is -2.37. The number of halogens is 4. The molecule has 2 bridgehead atoms. The molecule has 1 aromatic carbocycles. The van der Waals surface area contributed by atoms with Gasteiger partial charge in [-0.2, -0.15) is 0 Å². The van der Waals surface area contributed by atoms with Crippen molar-refractivity contribution < 1.29 is 8.78 Å². The minimum Gasteiger partial charge on any atom is -0.315 e.